The Morgan fingerprint density at radius 1 is 1.15 bits per heavy atom. The molecule has 0 spiro atoms. The third kappa shape index (κ3) is 5.00. The Kier molecular flexibility index (Phi) is 6.19. The number of carbonyl (C=O) groups excluding carboxylic acids is 1. The van der Waals surface area contributed by atoms with Gasteiger partial charge in [-0.15, -0.1) is 11.8 Å². The lowest BCUT2D eigenvalue weighted by atomic mass is 10.2. The van der Waals surface area contributed by atoms with Crippen molar-refractivity contribution >= 4 is 57.5 Å². The van der Waals surface area contributed by atoms with Crippen LogP contribution in [0.25, 0.3) is 0 Å². The normalized spacial score (nSPS) is 10.3. The summed E-state index contributed by atoms with van der Waals surface area (Å²) in [5.74, 6) is 1.15. The van der Waals surface area contributed by atoms with Crippen molar-refractivity contribution in [3.63, 3.8) is 0 Å². The van der Waals surface area contributed by atoms with Gasteiger partial charge in [-0.25, -0.2) is 0 Å². The van der Waals surface area contributed by atoms with E-state index in [9.17, 15) is 4.79 Å². The predicted octanol–water partition coefficient (Wildman–Crippen LogP) is 4.82. The van der Waals surface area contributed by atoms with Crippen molar-refractivity contribution in [2.45, 2.75) is 5.75 Å². The third-order valence-corrected chi connectivity index (χ3v) is 4.65. The van der Waals surface area contributed by atoms with Gasteiger partial charge in [0, 0.05) is 20.0 Å². The molecule has 2 aromatic carbocycles. The Hall–Kier alpha value is -0.720. The molecule has 0 bridgehead atoms. The quantitative estimate of drug-likeness (QED) is 0.707. The molecule has 1 N–H and O–H groups in total. The van der Waals surface area contributed by atoms with Gasteiger partial charge in [0.15, 0.2) is 0 Å². The van der Waals surface area contributed by atoms with Crippen LogP contribution in [0.5, 0.6) is 0 Å². The third-order valence-electron chi connectivity index (χ3n) is 2.58. The summed E-state index contributed by atoms with van der Waals surface area (Å²) in [6.07, 6.45) is 0. The molecular formula is C15H13ClINOS. The predicted molar refractivity (Wildman–Crippen MR) is 95.4 cm³/mol. The van der Waals surface area contributed by atoms with Crippen LogP contribution in [0.15, 0.2) is 48.5 Å². The number of hydrogen-bond donors (Lipinski definition) is 1. The summed E-state index contributed by atoms with van der Waals surface area (Å²) in [6, 6.07) is 15.4. The monoisotopic (exact) mass is 417 g/mol. The minimum absolute atomic E-state index is 0.00302. The van der Waals surface area contributed by atoms with E-state index >= 15 is 0 Å². The highest BCUT2D eigenvalue weighted by atomic mass is 127. The molecule has 2 nitrogen and oxygen atoms in total. The molecule has 0 saturated carbocycles. The lowest BCUT2D eigenvalue weighted by Crippen LogP contribution is -2.14. The zero-order valence-electron chi connectivity index (χ0n) is 10.6. The average Bonchev–Trinajstić information content (AvgIpc) is 2.43. The van der Waals surface area contributed by atoms with Crippen molar-refractivity contribution in [2.24, 2.45) is 0 Å². The summed E-state index contributed by atoms with van der Waals surface area (Å²) in [4.78, 5) is 11.8. The number of carbonyl (C=O) groups is 1. The Morgan fingerprint density at radius 2 is 1.85 bits per heavy atom. The summed E-state index contributed by atoms with van der Waals surface area (Å²) in [6.45, 7) is 0. The van der Waals surface area contributed by atoms with Crippen molar-refractivity contribution in [3.05, 3.63) is 62.7 Å². The summed E-state index contributed by atoms with van der Waals surface area (Å²) < 4.78 is 1.15. The van der Waals surface area contributed by atoms with Gasteiger partial charge in [-0.1, -0.05) is 29.8 Å². The second kappa shape index (κ2) is 7.90. The zero-order chi connectivity index (χ0) is 14.4. The zero-order valence-corrected chi connectivity index (χ0v) is 14.3. The lowest BCUT2D eigenvalue weighted by molar-refractivity contribution is -0.113. The highest BCUT2D eigenvalue weighted by Gasteiger charge is 2.04. The van der Waals surface area contributed by atoms with Crippen molar-refractivity contribution in [1.82, 2.24) is 0 Å². The van der Waals surface area contributed by atoms with E-state index in [1.807, 2.05) is 48.5 Å². The smallest absolute Gasteiger partial charge is 0.234 e. The van der Waals surface area contributed by atoms with E-state index in [4.69, 9.17) is 11.6 Å². The van der Waals surface area contributed by atoms with E-state index in [2.05, 4.69) is 27.9 Å². The Bertz CT molecular complexity index is 589. The van der Waals surface area contributed by atoms with Crippen molar-refractivity contribution in [1.29, 1.82) is 0 Å². The Labute approximate surface area is 141 Å². The highest BCUT2D eigenvalue weighted by molar-refractivity contribution is 14.1. The molecular weight excluding hydrogens is 405 g/mol. The Morgan fingerprint density at radius 3 is 2.55 bits per heavy atom. The van der Waals surface area contributed by atoms with Gasteiger partial charge in [0.05, 0.1) is 5.75 Å². The Balaban J connectivity index is 1.78. The van der Waals surface area contributed by atoms with Gasteiger partial charge in [-0.3, -0.25) is 4.79 Å². The maximum Gasteiger partial charge on any atom is 0.234 e. The number of halogens is 2. The number of anilines is 1. The van der Waals surface area contributed by atoms with Gasteiger partial charge in [-0.2, -0.15) is 0 Å². The first-order chi connectivity index (χ1) is 9.65. The minimum Gasteiger partial charge on any atom is -0.325 e. The first kappa shape index (κ1) is 15.7. The molecule has 0 atom stereocenters. The summed E-state index contributed by atoms with van der Waals surface area (Å²) in [5, 5.41) is 3.62. The summed E-state index contributed by atoms with van der Waals surface area (Å²) in [5.41, 5.74) is 1.88. The SMILES string of the molecule is O=C(CSCc1ccccc1Cl)Nc1ccc(I)cc1. The van der Waals surface area contributed by atoms with Crippen LogP contribution in [0, 0.1) is 3.57 Å². The number of nitrogens with one attached hydrogen (secondary N) is 1. The first-order valence-corrected chi connectivity index (χ1v) is 8.63. The van der Waals surface area contributed by atoms with Crippen LogP contribution in [-0.4, -0.2) is 11.7 Å². The molecule has 2 rings (SSSR count). The fourth-order valence-corrected chi connectivity index (χ4v) is 3.07. The lowest BCUT2D eigenvalue weighted by Gasteiger charge is -2.06. The molecule has 2 aromatic rings. The summed E-state index contributed by atoms with van der Waals surface area (Å²) in [7, 11) is 0. The van der Waals surface area contributed by atoms with Crippen LogP contribution in [0.2, 0.25) is 5.02 Å². The van der Waals surface area contributed by atoms with Crippen LogP contribution in [0.1, 0.15) is 5.56 Å². The maximum atomic E-state index is 11.8. The van der Waals surface area contributed by atoms with Crippen LogP contribution in [-0.2, 0) is 10.5 Å². The van der Waals surface area contributed by atoms with E-state index in [0.29, 0.717) is 5.75 Å². The number of thioether (sulfide) groups is 1. The van der Waals surface area contributed by atoms with Crippen LogP contribution >= 0.6 is 46.0 Å². The van der Waals surface area contributed by atoms with E-state index in [0.717, 1.165) is 25.6 Å². The molecule has 0 aliphatic carbocycles. The standard InChI is InChI=1S/C15H13ClINOS/c16-14-4-2-1-3-11(14)9-20-10-15(19)18-13-7-5-12(17)6-8-13/h1-8H,9-10H2,(H,18,19). The van der Waals surface area contributed by atoms with Crippen molar-refractivity contribution < 1.29 is 4.79 Å². The fourth-order valence-electron chi connectivity index (χ4n) is 1.60. The minimum atomic E-state index is 0.00302. The molecule has 0 aliphatic rings. The van der Waals surface area contributed by atoms with Crippen LogP contribution in [0.4, 0.5) is 5.69 Å². The number of amides is 1. The van der Waals surface area contributed by atoms with E-state index < -0.39 is 0 Å². The first-order valence-electron chi connectivity index (χ1n) is 6.02. The van der Waals surface area contributed by atoms with Gasteiger partial charge in [0.1, 0.15) is 0 Å². The number of hydrogen-bond acceptors (Lipinski definition) is 2. The summed E-state index contributed by atoms with van der Waals surface area (Å²) >= 11 is 9.86. The van der Waals surface area contributed by atoms with Gasteiger partial charge in [0.25, 0.3) is 0 Å². The number of rotatable bonds is 5. The van der Waals surface area contributed by atoms with Gasteiger partial charge < -0.3 is 5.32 Å². The van der Waals surface area contributed by atoms with Gasteiger partial charge >= 0.3 is 0 Å². The molecule has 0 unspecified atom stereocenters. The van der Waals surface area contributed by atoms with Crippen LogP contribution in [0.3, 0.4) is 0 Å². The molecule has 1 amide bonds. The van der Waals surface area contributed by atoms with Crippen molar-refractivity contribution in [2.75, 3.05) is 11.1 Å². The largest absolute Gasteiger partial charge is 0.325 e. The van der Waals surface area contributed by atoms with Gasteiger partial charge in [0.2, 0.25) is 5.91 Å². The second-order valence-corrected chi connectivity index (χ2v) is 6.78. The molecule has 0 aromatic heterocycles. The molecule has 5 heteroatoms. The maximum absolute atomic E-state index is 11.8. The average molecular weight is 418 g/mol. The van der Waals surface area contributed by atoms with Gasteiger partial charge in [-0.05, 0) is 58.5 Å². The molecule has 0 aliphatic heterocycles. The van der Waals surface area contributed by atoms with E-state index in [1.165, 1.54) is 0 Å². The molecule has 104 valence electrons. The van der Waals surface area contributed by atoms with E-state index in [-0.39, 0.29) is 5.91 Å². The van der Waals surface area contributed by atoms with Crippen molar-refractivity contribution in [3.8, 4) is 0 Å². The highest BCUT2D eigenvalue weighted by Crippen LogP contribution is 2.21. The topological polar surface area (TPSA) is 29.1 Å². The molecule has 20 heavy (non-hydrogen) atoms. The molecule has 0 radical (unpaired) electrons. The molecule has 0 heterocycles. The molecule has 0 saturated heterocycles. The number of benzene rings is 2. The van der Waals surface area contributed by atoms with Crippen LogP contribution < -0.4 is 5.32 Å². The molecule has 0 fully saturated rings. The second-order valence-electron chi connectivity index (χ2n) is 4.14. The fraction of sp³-hybridized carbons (Fsp3) is 0.133. The van der Waals surface area contributed by atoms with E-state index in [1.54, 1.807) is 11.8 Å².